The molecule has 0 saturated carbocycles. The highest BCUT2D eigenvalue weighted by molar-refractivity contribution is 5.46. The Bertz CT molecular complexity index is 379. The van der Waals surface area contributed by atoms with E-state index in [0.717, 1.165) is 50.7 Å². The zero-order valence-electron chi connectivity index (χ0n) is 11.7. The number of ether oxygens (including phenoxy) is 1. The van der Waals surface area contributed by atoms with Crippen LogP contribution in [0.3, 0.4) is 0 Å². The fraction of sp³-hybridized carbons (Fsp3) is 0.692. The van der Waals surface area contributed by atoms with Crippen LogP contribution in [0.15, 0.2) is 12.4 Å². The molecular formula is C13H23N5O. The van der Waals surface area contributed by atoms with Crippen LogP contribution in [0.5, 0.6) is 0 Å². The van der Waals surface area contributed by atoms with Gasteiger partial charge in [-0.05, 0) is 26.9 Å². The van der Waals surface area contributed by atoms with Gasteiger partial charge in [-0.3, -0.25) is 0 Å². The number of likely N-dealkylation sites (N-methyl/N-ethyl adjacent to an activating group) is 1. The fourth-order valence-electron chi connectivity index (χ4n) is 1.98. The Morgan fingerprint density at radius 3 is 2.79 bits per heavy atom. The van der Waals surface area contributed by atoms with E-state index in [4.69, 9.17) is 4.74 Å². The first-order valence-corrected chi connectivity index (χ1v) is 6.80. The highest BCUT2D eigenvalue weighted by atomic mass is 16.5. The van der Waals surface area contributed by atoms with Crippen molar-refractivity contribution in [2.75, 3.05) is 51.0 Å². The Hall–Kier alpha value is -1.40. The maximum absolute atomic E-state index is 5.57. The SMILES string of the molecule is CN(C)CCNc1cc(NCC2CCCO2)ncn1. The number of aromatic nitrogens is 2. The lowest BCUT2D eigenvalue weighted by Crippen LogP contribution is -2.21. The molecule has 1 aliphatic rings. The number of hydrogen-bond acceptors (Lipinski definition) is 6. The molecule has 1 atom stereocenters. The summed E-state index contributed by atoms with van der Waals surface area (Å²) in [6.07, 6.45) is 4.19. The second-order valence-electron chi connectivity index (χ2n) is 5.03. The predicted octanol–water partition coefficient (Wildman–Crippen LogP) is 1.04. The Labute approximate surface area is 114 Å². The van der Waals surface area contributed by atoms with Crippen LogP contribution in [-0.2, 0) is 4.74 Å². The lowest BCUT2D eigenvalue weighted by Gasteiger charge is -2.13. The predicted molar refractivity (Wildman–Crippen MR) is 76.5 cm³/mol. The summed E-state index contributed by atoms with van der Waals surface area (Å²) in [6.45, 7) is 3.54. The molecule has 2 heterocycles. The number of nitrogens with one attached hydrogen (secondary N) is 2. The monoisotopic (exact) mass is 265 g/mol. The van der Waals surface area contributed by atoms with Crippen LogP contribution in [-0.4, -0.2) is 61.3 Å². The average Bonchev–Trinajstić information content (AvgIpc) is 2.89. The molecule has 6 nitrogen and oxygen atoms in total. The molecule has 1 aromatic heterocycles. The van der Waals surface area contributed by atoms with Crippen molar-refractivity contribution in [3.63, 3.8) is 0 Å². The second-order valence-corrected chi connectivity index (χ2v) is 5.03. The van der Waals surface area contributed by atoms with E-state index in [1.54, 1.807) is 6.33 Å². The molecular weight excluding hydrogens is 242 g/mol. The van der Waals surface area contributed by atoms with Crippen molar-refractivity contribution < 1.29 is 4.74 Å². The quantitative estimate of drug-likeness (QED) is 0.768. The molecule has 6 heteroatoms. The molecule has 2 N–H and O–H groups in total. The van der Waals surface area contributed by atoms with Gasteiger partial charge in [-0.15, -0.1) is 0 Å². The molecule has 106 valence electrons. The van der Waals surface area contributed by atoms with Gasteiger partial charge in [-0.25, -0.2) is 9.97 Å². The third-order valence-electron chi connectivity index (χ3n) is 3.07. The summed E-state index contributed by atoms with van der Waals surface area (Å²) in [6, 6.07) is 1.94. The molecule has 0 aliphatic carbocycles. The zero-order chi connectivity index (χ0) is 13.5. The van der Waals surface area contributed by atoms with E-state index in [-0.39, 0.29) is 0 Å². The van der Waals surface area contributed by atoms with Crippen molar-refractivity contribution in [1.82, 2.24) is 14.9 Å². The van der Waals surface area contributed by atoms with E-state index in [1.807, 2.05) is 6.07 Å². The van der Waals surface area contributed by atoms with Gasteiger partial charge in [0.2, 0.25) is 0 Å². The Balaban J connectivity index is 1.77. The van der Waals surface area contributed by atoms with Gasteiger partial charge in [0.25, 0.3) is 0 Å². The number of rotatable bonds is 7. The van der Waals surface area contributed by atoms with Crippen LogP contribution >= 0.6 is 0 Å². The lowest BCUT2D eigenvalue weighted by atomic mass is 10.2. The first kappa shape index (κ1) is 14.0. The molecule has 0 amide bonds. The van der Waals surface area contributed by atoms with E-state index < -0.39 is 0 Å². The summed E-state index contributed by atoms with van der Waals surface area (Å²) in [5.74, 6) is 1.70. The largest absolute Gasteiger partial charge is 0.376 e. The van der Waals surface area contributed by atoms with Gasteiger partial charge in [0, 0.05) is 32.3 Å². The van der Waals surface area contributed by atoms with Crippen molar-refractivity contribution in [3.8, 4) is 0 Å². The summed E-state index contributed by atoms with van der Waals surface area (Å²) in [4.78, 5) is 10.5. The Morgan fingerprint density at radius 2 is 2.11 bits per heavy atom. The van der Waals surface area contributed by atoms with Crippen molar-refractivity contribution in [3.05, 3.63) is 12.4 Å². The van der Waals surface area contributed by atoms with E-state index >= 15 is 0 Å². The average molecular weight is 265 g/mol. The van der Waals surface area contributed by atoms with Gasteiger partial charge < -0.3 is 20.3 Å². The summed E-state index contributed by atoms with van der Waals surface area (Å²) in [5.41, 5.74) is 0. The minimum absolute atomic E-state index is 0.320. The molecule has 1 fully saturated rings. The normalized spacial score (nSPS) is 18.8. The van der Waals surface area contributed by atoms with Crippen molar-refractivity contribution in [1.29, 1.82) is 0 Å². The first-order chi connectivity index (χ1) is 9.24. The highest BCUT2D eigenvalue weighted by Crippen LogP contribution is 2.13. The molecule has 1 aliphatic heterocycles. The van der Waals surface area contributed by atoms with E-state index in [0.29, 0.717) is 6.10 Å². The number of nitrogens with zero attached hydrogens (tertiary/aromatic N) is 3. The van der Waals surface area contributed by atoms with Gasteiger partial charge >= 0.3 is 0 Å². The van der Waals surface area contributed by atoms with Gasteiger partial charge in [-0.1, -0.05) is 0 Å². The third kappa shape index (κ3) is 5.00. The fourth-order valence-corrected chi connectivity index (χ4v) is 1.98. The molecule has 2 rings (SSSR count). The Kier molecular flexibility index (Phi) is 5.35. The third-order valence-corrected chi connectivity index (χ3v) is 3.07. The summed E-state index contributed by atoms with van der Waals surface area (Å²) in [5, 5.41) is 6.58. The summed E-state index contributed by atoms with van der Waals surface area (Å²) in [7, 11) is 4.10. The maximum Gasteiger partial charge on any atom is 0.131 e. The minimum atomic E-state index is 0.320. The smallest absolute Gasteiger partial charge is 0.131 e. The van der Waals surface area contributed by atoms with Crippen LogP contribution in [0.4, 0.5) is 11.6 Å². The van der Waals surface area contributed by atoms with Crippen molar-refractivity contribution in [2.24, 2.45) is 0 Å². The summed E-state index contributed by atoms with van der Waals surface area (Å²) >= 11 is 0. The zero-order valence-corrected chi connectivity index (χ0v) is 11.7. The van der Waals surface area contributed by atoms with Crippen LogP contribution in [0.2, 0.25) is 0 Å². The van der Waals surface area contributed by atoms with Gasteiger partial charge in [0.1, 0.15) is 18.0 Å². The van der Waals surface area contributed by atoms with Gasteiger partial charge in [0.15, 0.2) is 0 Å². The molecule has 1 saturated heterocycles. The molecule has 0 bridgehead atoms. The topological polar surface area (TPSA) is 62.3 Å². The van der Waals surface area contributed by atoms with Crippen LogP contribution in [0.1, 0.15) is 12.8 Å². The van der Waals surface area contributed by atoms with Crippen LogP contribution in [0, 0.1) is 0 Å². The lowest BCUT2D eigenvalue weighted by molar-refractivity contribution is 0.120. The van der Waals surface area contributed by atoms with E-state index in [9.17, 15) is 0 Å². The van der Waals surface area contributed by atoms with Gasteiger partial charge in [-0.2, -0.15) is 0 Å². The van der Waals surface area contributed by atoms with Crippen molar-refractivity contribution in [2.45, 2.75) is 18.9 Å². The molecule has 0 aromatic carbocycles. The van der Waals surface area contributed by atoms with Crippen LogP contribution < -0.4 is 10.6 Å². The molecule has 1 aromatic rings. The number of anilines is 2. The molecule has 19 heavy (non-hydrogen) atoms. The number of hydrogen-bond donors (Lipinski definition) is 2. The van der Waals surface area contributed by atoms with E-state index in [2.05, 4.69) is 39.6 Å². The van der Waals surface area contributed by atoms with Crippen molar-refractivity contribution >= 4 is 11.6 Å². The molecule has 0 spiro atoms. The molecule has 1 unspecified atom stereocenters. The summed E-state index contributed by atoms with van der Waals surface area (Å²) < 4.78 is 5.57. The maximum atomic E-state index is 5.57. The standard InChI is InChI=1S/C13H23N5O/c1-18(2)6-5-14-12-8-13(17-10-16-12)15-9-11-4-3-7-19-11/h8,10-11H,3-7,9H2,1-2H3,(H2,14,15,16,17). The van der Waals surface area contributed by atoms with Gasteiger partial charge in [0.05, 0.1) is 6.10 Å². The Morgan fingerprint density at radius 1 is 1.32 bits per heavy atom. The van der Waals surface area contributed by atoms with E-state index in [1.165, 1.54) is 0 Å². The first-order valence-electron chi connectivity index (χ1n) is 6.80. The second kappa shape index (κ2) is 7.25. The van der Waals surface area contributed by atoms with Crippen LogP contribution in [0.25, 0.3) is 0 Å². The minimum Gasteiger partial charge on any atom is -0.376 e. The molecule has 0 radical (unpaired) electrons. The highest BCUT2D eigenvalue weighted by Gasteiger charge is 2.14.